The molecule has 0 atom stereocenters. The minimum absolute atomic E-state index is 0. The highest BCUT2D eigenvalue weighted by molar-refractivity contribution is 4.49. The molecule has 0 unspecified atom stereocenters. The fourth-order valence-corrected chi connectivity index (χ4v) is 3.86. The molecule has 166 valence electrons. The monoisotopic (exact) mass is 497 g/mol. The Morgan fingerprint density at radius 2 is 0.741 bits per heavy atom. The number of unbranched alkanes of at least 4 members (excludes halogenated alkanes) is 16. The van der Waals surface area contributed by atoms with Gasteiger partial charge in [-0.15, -0.1) is 0 Å². The maximum Gasteiger partial charge on any atom is 0.180 e. The molecule has 0 saturated heterocycles. The third-order valence-corrected chi connectivity index (χ3v) is 5.94. The van der Waals surface area contributed by atoms with Crippen molar-refractivity contribution in [1.29, 1.82) is 0 Å². The van der Waals surface area contributed by atoms with Crippen LogP contribution in [0.1, 0.15) is 129 Å². The van der Waals surface area contributed by atoms with Crippen LogP contribution < -0.4 is 24.0 Å². The molecular formula is C24H52INO. The van der Waals surface area contributed by atoms with E-state index in [4.69, 9.17) is 0 Å². The average Bonchev–Trinajstić information content (AvgIpc) is 2.65. The van der Waals surface area contributed by atoms with Gasteiger partial charge in [0.25, 0.3) is 0 Å². The number of rotatable bonds is 21. The number of aliphatic hydroxyl groups is 1. The maximum absolute atomic E-state index is 9.80. The van der Waals surface area contributed by atoms with E-state index in [1.807, 2.05) is 0 Å². The van der Waals surface area contributed by atoms with Crippen LogP contribution in [0.25, 0.3) is 0 Å². The first kappa shape index (κ1) is 29.8. The van der Waals surface area contributed by atoms with Crippen molar-refractivity contribution >= 4 is 0 Å². The molecule has 27 heavy (non-hydrogen) atoms. The minimum atomic E-state index is 0. The molecule has 1 N–H and O–H groups in total. The first-order chi connectivity index (χ1) is 12.7. The van der Waals surface area contributed by atoms with E-state index in [0.29, 0.717) is 6.73 Å². The molecule has 0 heterocycles. The lowest BCUT2D eigenvalue weighted by Gasteiger charge is -2.32. The number of aliphatic hydroxyl groups excluding tert-OH is 1. The lowest BCUT2D eigenvalue weighted by Crippen LogP contribution is -3.00. The fraction of sp³-hybridized carbons (Fsp3) is 1.00. The Morgan fingerprint density at radius 3 is 1.00 bits per heavy atom. The number of hydrogen-bond acceptors (Lipinski definition) is 1. The summed E-state index contributed by atoms with van der Waals surface area (Å²) in [7, 11) is 2.25. The van der Waals surface area contributed by atoms with Crippen molar-refractivity contribution in [2.24, 2.45) is 0 Å². The van der Waals surface area contributed by atoms with E-state index < -0.39 is 0 Å². The highest BCUT2D eigenvalue weighted by atomic mass is 127. The first-order valence-corrected chi connectivity index (χ1v) is 12.1. The van der Waals surface area contributed by atoms with Gasteiger partial charge in [-0.25, -0.2) is 0 Å². The number of nitrogens with zero attached hydrogens (tertiary/aromatic N) is 1. The molecule has 0 spiro atoms. The SMILES string of the molecule is CCCCCCCCCCC[N+](C)(CO)CCCCCCCCCCC.[I-]. The highest BCUT2D eigenvalue weighted by Crippen LogP contribution is 2.14. The normalized spacial score (nSPS) is 11.6. The maximum atomic E-state index is 9.80. The van der Waals surface area contributed by atoms with Crippen LogP contribution in [0.3, 0.4) is 0 Å². The van der Waals surface area contributed by atoms with Crippen molar-refractivity contribution in [3.63, 3.8) is 0 Å². The van der Waals surface area contributed by atoms with Gasteiger partial charge in [-0.3, -0.25) is 0 Å². The Hall–Kier alpha value is 0.650. The zero-order valence-electron chi connectivity index (χ0n) is 19.1. The second-order valence-corrected chi connectivity index (χ2v) is 8.86. The summed E-state index contributed by atoms with van der Waals surface area (Å²) < 4.78 is 0.868. The topological polar surface area (TPSA) is 20.2 Å². The highest BCUT2D eigenvalue weighted by Gasteiger charge is 2.18. The van der Waals surface area contributed by atoms with E-state index in [9.17, 15) is 5.11 Å². The Labute approximate surface area is 189 Å². The average molecular weight is 498 g/mol. The third kappa shape index (κ3) is 21.2. The van der Waals surface area contributed by atoms with E-state index in [1.165, 1.54) is 116 Å². The number of quaternary nitrogens is 1. The predicted octanol–water partition coefficient (Wildman–Crippen LogP) is 4.45. The summed E-state index contributed by atoms with van der Waals surface area (Å²) in [4.78, 5) is 0. The van der Waals surface area contributed by atoms with E-state index in [1.54, 1.807) is 0 Å². The van der Waals surface area contributed by atoms with Gasteiger partial charge < -0.3 is 33.6 Å². The standard InChI is InChI=1S/C24H52NO.HI/c1-4-6-8-10-12-14-16-18-20-22-25(3,24-26)23-21-19-17-15-13-11-9-7-5-2;/h26H,4-24H2,1-3H3;1H/q+1;/p-1. The van der Waals surface area contributed by atoms with Crippen LogP contribution in [-0.4, -0.2) is 36.5 Å². The van der Waals surface area contributed by atoms with Gasteiger partial charge in [-0.05, 0) is 25.7 Å². The summed E-state index contributed by atoms with van der Waals surface area (Å²) in [6, 6.07) is 0. The zero-order valence-corrected chi connectivity index (χ0v) is 21.3. The molecule has 0 aliphatic carbocycles. The summed E-state index contributed by atoms with van der Waals surface area (Å²) >= 11 is 0. The van der Waals surface area contributed by atoms with Crippen molar-refractivity contribution in [3.05, 3.63) is 0 Å². The fourth-order valence-electron chi connectivity index (χ4n) is 3.86. The van der Waals surface area contributed by atoms with Crippen molar-refractivity contribution < 1.29 is 33.6 Å². The summed E-state index contributed by atoms with van der Waals surface area (Å²) in [5.74, 6) is 0. The van der Waals surface area contributed by atoms with Gasteiger partial charge >= 0.3 is 0 Å². The molecule has 0 aliphatic heterocycles. The largest absolute Gasteiger partial charge is 1.00 e. The van der Waals surface area contributed by atoms with Gasteiger partial charge in [0.05, 0.1) is 20.1 Å². The predicted molar refractivity (Wildman–Crippen MR) is 117 cm³/mol. The van der Waals surface area contributed by atoms with Crippen LogP contribution in [0.5, 0.6) is 0 Å². The Balaban J connectivity index is 0. The van der Waals surface area contributed by atoms with Crippen LogP contribution in [0.2, 0.25) is 0 Å². The second kappa shape index (κ2) is 22.9. The second-order valence-electron chi connectivity index (χ2n) is 8.86. The van der Waals surface area contributed by atoms with E-state index >= 15 is 0 Å². The van der Waals surface area contributed by atoms with Crippen LogP contribution in [-0.2, 0) is 0 Å². The zero-order chi connectivity index (χ0) is 19.3. The molecule has 2 nitrogen and oxygen atoms in total. The van der Waals surface area contributed by atoms with Gasteiger partial charge in [0.15, 0.2) is 6.73 Å². The summed E-state index contributed by atoms with van der Waals surface area (Å²) in [5, 5.41) is 9.80. The molecule has 0 rings (SSSR count). The quantitative estimate of drug-likeness (QED) is 0.108. The van der Waals surface area contributed by atoms with Crippen LogP contribution in [0, 0.1) is 0 Å². The molecular weight excluding hydrogens is 445 g/mol. The Bertz CT molecular complexity index is 251. The summed E-state index contributed by atoms with van der Waals surface area (Å²) in [6.07, 6.45) is 24.9. The van der Waals surface area contributed by atoms with E-state index in [2.05, 4.69) is 20.9 Å². The van der Waals surface area contributed by atoms with Crippen molar-refractivity contribution in [1.82, 2.24) is 0 Å². The molecule has 0 aromatic heterocycles. The molecule has 0 saturated carbocycles. The molecule has 0 aliphatic rings. The third-order valence-electron chi connectivity index (χ3n) is 5.94. The summed E-state index contributed by atoms with van der Waals surface area (Å²) in [6.45, 7) is 7.19. The lowest BCUT2D eigenvalue weighted by atomic mass is 10.1. The van der Waals surface area contributed by atoms with Gasteiger partial charge in [0.1, 0.15) is 0 Å². The van der Waals surface area contributed by atoms with Crippen molar-refractivity contribution in [3.8, 4) is 0 Å². The van der Waals surface area contributed by atoms with Crippen LogP contribution in [0.15, 0.2) is 0 Å². The lowest BCUT2D eigenvalue weighted by molar-refractivity contribution is -0.927. The van der Waals surface area contributed by atoms with E-state index in [0.717, 1.165) is 17.6 Å². The first-order valence-electron chi connectivity index (χ1n) is 12.1. The van der Waals surface area contributed by atoms with Crippen LogP contribution >= 0.6 is 0 Å². The molecule has 0 aromatic rings. The van der Waals surface area contributed by atoms with Crippen molar-refractivity contribution in [2.75, 3.05) is 26.9 Å². The van der Waals surface area contributed by atoms with Gasteiger partial charge in [-0.1, -0.05) is 104 Å². The van der Waals surface area contributed by atoms with Crippen LogP contribution in [0.4, 0.5) is 0 Å². The van der Waals surface area contributed by atoms with Crippen molar-refractivity contribution in [2.45, 2.75) is 129 Å². The molecule has 0 aromatic carbocycles. The molecule has 3 heteroatoms. The Morgan fingerprint density at radius 1 is 0.481 bits per heavy atom. The molecule has 0 bridgehead atoms. The molecule has 0 amide bonds. The van der Waals surface area contributed by atoms with Gasteiger partial charge in [0, 0.05) is 0 Å². The molecule has 0 radical (unpaired) electrons. The smallest absolute Gasteiger partial charge is 0.180 e. The van der Waals surface area contributed by atoms with Gasteiger partial charge in [-0.2, -0.15) is 0 Å². The minimum Gasteiger partial charge on any atom is -1.00 e. The number of halogens is 1. The summed E-state index contributed by atoms with van der Waals surface area (Å²) in [5.41, 5.74) is 0. The van der Waals surface area contributed by atoms with Gasteiger partial charge in [0.2, 0.25) is 0 Å². The number of hydrogen-bond donors (Lipinski definition) is 1. The molecule has 0 fully saturated rings. The Kier molecular flexibility index (Phi) is 25.4. The van der Waals surface area contributed by atoms with E-state index in [-0.39, 0.29) is 24.0 Å².